The summed E-state index contributed by atoms with van der Waals surface area (Å²) < 4.78 is 0. The van der Waals surface area contributed by atoms with Crippen molar-refractivity contribution in [1.29, 1.82) is 0 Å². The van der Waals surface area contributed by atoms with E-state index in [4.69, 9.17) is 0 Å². The van der Waals surface area contributed by atoms with Crippen LogP contribution in [-0.4, -0.2) is 0 Å². The predicted octanol–water partition coefficient (Wildman–Crippen LogP) is 20.5. The van der Waals surface area contributed by atoms with E-state index >= 15 is 0 Å². The molecule has 9 aromatic rings. The highest BCUT2D eigenvalue weighted by atomic mass is 15.2. The highest BCUT2D eigenvalue weighted by Crippen LogP contribution is 2.57. The van der Waals surface area contributed by atoms with Crippen LogP contribution in [0.15, 0.2) is 188 Å². The average molecular weight is 999 g/mol. The van der Waals surface area contributed by atoms with Gasteiger partial charge in [-0.15, -0.1) is 0 Å². The molecule has 2 heteroatoms. The zero-order valence-electron chi connectivity index (χ0n) is 47.1. The van der Waals surface area contributed by atoms with Crippen molar-refractivity contribution >= 4 is 45.3 Å². The van der Waals surface area contributed by atoms with Gasteiger partial charge in [0.25, 0.3) is 0 Å². The van der Waals surface area contributed by atoms with E-state index in [1.165, 1.54) is 145 Å². The van der Waals surface area contributed by atoms with Crippen LogP contribution in [0.2, 0.25) is 0 Å². The number of hydrogen-bond acceptors (Lipinski definition) is 2. The number of anilines is 6. The van der Waals surface area contributed by atoms with Gasteiger partial charge in [0.05, 0.1) is 11.4 Å². The van der Waals surface area contributed by atoms with Crippen LogP contribution in [0.4, 0.5) is 34.1 Å². The van der Waals surface area contributed by atoms with Gasteiger partial charge in [-0.2, -0.15) is 0 Å². The molecule has 0 spiro atoms. The smallest absolute Gasteiger partial charge is 0.0520 e. The molecule has 1 atom stereocenters. The van der Waals surface area contributed by atoms with Crippen LogP contribution in [0, 0.1) is 47.5 Å². The Morgan fingerprint density at radius 1 is 0.351 bits per heavy atom. The van der Waals surface area contributed by atoms with Crippen molar-refractivity contribution in [3.63, 3.8) is 0 Å². The fraction of sp³-hybridized carbons (Fsp3) is 0.227. The summed E-state index contributed by atoms with van der Waals surface area (Å²) in [4.78, 5) is 5.04. The van der Waals surface area contributed by atoms with Crippen LogP contribution in [0.3, 0.4) is 0 Å². The van der Waals surface area contributed by atoms with Crippen molar-refractivity contribution < 1.29 is 0 Å². The quantitative estimate of drug-likeness (QED) is 0.150. The molecular formula is C75H70N2. The molecule has 0 aliphatic heterocycles. The van der Waals surface area contributed by atoms with Gasteiger partial charge < -0.3 is 9.80 Å². The molecule has 1 unspecified atom stereocenters. The summed E-state index contributed by atoms with van der Waals surface area (Å²) in [5, 5.41) is 0. The Hall–Kier alpha value is -7.94. The summed E-state index contributed by atoms with van der Waals surface area (Å²) in [7, 11) is 0. The Labute approximate surface area is 458 Å². The molecule has 0 bridgehead atoms. The molecule has 77 heavy (non-hydrogen) atoms. The lowest BCUT2D eigenvalue weighted by atomic mass is 9.72. The lowest BCUT2D eigenvalue weighted by Gasteiger charge is -2.33. The Bertz CT molecular complexity index is 3970. The van der Waals surface area contributed by atoms with Gasteiger partial charge >= 0.3 is 0 Å². The van der Waals surface area contributed by atoms with Crippen molar-refractivity contribution in [1.82, 2.24) is 0 Å². The zero-order valence-corrected chi connectivity index (χ0v) is 47.1. The van der Waals surface area contributed by atoms with Crippen LogP contribution in [-0.2, 0) is 16.2 Å². The topological polar surface area (TPSA) is 6.48 Å². The maximum absolute atomic E-state index is 2.53. The zero-order chi connectivity index (χ0) is 53.4. The van der Waals surface area contributed by atoms with Crippen LogP contribution < -0.4 is 9.80 Å². The SMILES string of the molecule is Cc1cc(C)c(N(c2cccc(C3=CC=C4c5ccc(-c6cccc(N(c7ccc8c(c7)C(C)(C)c7ccccc7-8)c7c(C)cc(C)cc7C)c6)cc5C(C)(C)C4C3)c2)c2ccc3c(c2)C(C)(C)c2ccccc2-3)c(C)c1. The van der Waals surface area contributed by atoms with Gasteiger partial charge in [0.2, 0.25) is 0 Å². The van der Waals surface area contributed by atoms with Gasteiger partial charge in [0.1, 0.15) is 0 Å². The standard InChI is InChI=1S/C75H70N2/c1-45-35-47(3)71(48(4)36-45)76(57-29-33-63-59-23-13-15-25-65(59)73(7,8)69(63)43-57)55-21-17-19-51(39-55)53-27-31-61-62-32-28-54(42-68(62)75(11,12)67(61)41-53)52-20-18-22-56(40-52)77(72-49(5)37-46(2)38-50(72)6)58-30-34-64-60-24-14-16-26-66(60)74(9,10)70(64)44-58/h13-41,43-44,68H,42H2,1-12H3. The van der Waals surface area contributed by atoms with Gasteiger partial charge in [0, 0.05) is 33.6 Å². The number of rotatable bonds is 8. The minimum absolute atomic E-state index is 0.0835. The van der Waals surface area contributed by atoms with Crippen molar-refractivity contribution in [3.8, 4) is 33.4 Å². The van der Waals surface area contributed by atoms with Gasteiger partial charge in [-0.1, -0.05) is 186 Å². The molecule has 0 saturated heterocycles. The second-order valence-corrected chi connectivity index (χ2v) is 24.6. The fourth-order valence-electron chi connectivity index (χ4n) is 14.7. The largest absolute Gasteiger partial charge is 0.310 e. The summed E-state index contributed by atoms with van der Waals surface area (Å²) in [5.74, 6) is 0.346. The summed E-state index contributed by atoms with van der Waals surface area (Å²) in [6, 6.07) is 67.5. The normalized spacial score (nSPS) is 16.6. The van der Waals surface area contributed by atoms with Crippen molar-refractivity contribution in [2.75, 3.05) is 9.80 Å². The lowest BCUT2D eigenvalue weighted by Crippen LogP contribution is -2.25. The van der Waals surface area contributed by atoms with Crippen molar-refractivity contribution in [2.45, 2.75) is 106 Å². The average Bonchev–Trinajstić information content (AvgIpc) is 4.11. The van der Waals surface area contributed by atoms with Gasteiger partial charge in [-0.25, -0.2) is 0 Å². The van der Waals surface area contributed by atoms with E-state index in [0.717, 1.165) is 12.1 Å². The minimum Gasteiger partial charge on any atom is -0.310 e. The molecule has 4 aliphatic rings. The Balaban J connectivity index is 0.846. The number of allylic oxidation sites excluding steroid dienone is 4. The third-order valence-electron chi connectivity index (χ3n) is 18.4. The molecular weight excluding hydrogens is 929 g/mol. The maximum Gasteiger partial charge on any atom is 0.0520 e. The van der Waals surface area contributed by atoms with E-state index in [0.29, 0.717) is 5.92 Å². The number of hydrogen-bond donors (Lipinski definition) is 0. The summed E-state index contributed by atoms with van der Waals surface area (Å²) in [6.07, 6.45) is 5.83. The molecule has 0 radical (unpaired) electrons. The van der Waals surface area contributed by atoms with E-state index in [1.807, 2.05) is 0 Å². The Kier molecular flexibility index (Phi) is 11.1. The fourth-order valence-corrected chi connectivity index (χ4v) is 14.7. The summed E-state index contributed by atoms with van der Waals surface area (Å²) >= 11 is 0. The molecule has 380 valence electrons. The molecule has 0 fully saturated rings. The van der Waals surface area contributed by atoms with E-state index < -0.39 is 0 Å². The second-order valence-electron chi connectivity index (χ2n) is 24.6. The third-order valence-corrected chi connectivity index (χ3v) is 18.4. The highest BCUT2D eigenvalue weighted by Gasteiger charge is 2.44. The maximum atomic E-state index is 2.53. The lowest BCUT2D eigenvalue weighted by molar-refractivity contribution is 0.418. The molecule has 13 rings (SSSR count). The predicted molar refractivity (Wildman–Crippen MR) is 328 cm³/mol. The first-order valence-corrected chi connectivity index (χ1v) is 27.9. The monoisotopic (exact) mass is 999 g/mol. The number of aryl methyl sites for hydroxylation is 6. The molecule has 2 nitrogen and oxygen atoms in total. The molecule has 0 amide bonds. The highest BCUT2D eigenvalue weighted by molar-refractivity contribution is 5.92. The number of benzene rings is 9. The van der Waals surface area contributed by atoms with E-state index in [9.17, 15) is 0 Å². The van der Waals surface area contributed by atoms with Crippen LogP contribution in [0.1, 0.15) is 120 Å². The first-order valence-electron chi connectivity index (χ1n) is 27.9. The molecule has 0 N–H and O–H groups in total. The molecule has 0 saturated carbocycles. The van der Waals surface area contributed by atoms with Crippen molar-refractivity contribution in [3.05, 3.63) is 260 Å². The minimum atomic E-state index is -0.104. The van der Waals surface area contributed by atoms with Gasteiger partial charge in [0.15, 0.2) is 0 Å². The Morgan fingerprint density at radius 3 is 1.30 bits per heavy atom. The van der Waals surface area contributed by atoms with Crippen LogP contribution in [0.5, 0.6) is 0 Å². The second kappa shape index (κ2) is 17.5. The number of fused-ring (bicyclic) bond motifs is 9. The first kappa shape index (κ1) is 48.7. The van der Waals surface area contributed by atoms with Crippen molar-refractivity contribution in [2.24, 2.45) is 5.92 Å². The molecule has 4 aliphatic carbocycles. The first-order chi connectivity index (χ1) is 36.9. The molecule has 0 heterocycles. The van der Waals surface area contributed by atoms with Gasteiger partial charge in [-0.3, -0.25) is 0 Å². The molecule has 0 aromatic heterocycles. The number of nitrogens with zero attached hydrogens (tertiary/aromatic N) is 2. The van der Waals surface area contributed by atoms with Crippen LogP contribution in [0.25, 0.3) is 44.5 Å². The summed E-state index contributed by atoms with van der Waals surface area (Å²) in [6.45, 7) is 28.0. The summed E-state index contributed by atoms with van der Waals surface area (Å²) in [5.41, 5.74) is 34.9. The van der Waals surface area contributed by atoms with E-state index in [-0.39, 0.29) is 16.2 Å². The van der Waals surface area contributed by atoms with E-state index in [2.05, 4.69) is 281 Å². The third kappa shape index (κ3) is 7.57. The Morgan fingerprint density at radius 2 is 0.779 bits per heavy atom. The van der Waals surface area contributed by atoms with E-state index in [1.54, 1.807) is 0 Å². The van der Waals surface area contributed by atoms with Gasteiger partial charge in [-0.05, 0) is 220 Å². The van der Waals surface area contributed by atoms with Crippen LogP contribution >= 0.6 is 0 Å². The molecule has 9 aromatic carbocycles.